The molecule has 0 fully saturated rings. The van der Waals surface area contributed by atoms with Gasteiger partial charge >= 0.3 is 5.69 Å². The molecular formula is C14H27N5O2. The van der Waals surface area contributed by atoms with E-state index in [4.69, 9.17) is 0 Å². The minimum absolute atomic E-state index is 0.0125. The van der Waals surface area contributed by atoms with Gasteiger partial charge in [-0.25, -0.2) is 4.68 Å². The molecule has 7 nitrogen and oxygen atoms in total. The molecule has 0 aliphatic carbocycles. The van der Waals surface area contributed by atoms with Crippen LogP contribution in [0.25, 0.3) is 0 Å². The molecule has 1 aromatic rings. The predicted molar refractivity (Wildman–Crippen MR) is 84.8 cm³/mol. The Labute approximate surface area is 126 Å². The number of likely N-dealkylation sites (N-methyl/N-ethyl adjacent to an activating group) is 1. The molecule has 1 heterocycles. The molecule has 1 rings (SSSR count). The van der Waals surface area contributed by atoms with Gasteiger partial charge in [-0.2, -0.15) is 5.10 Å². The summed E-state index contributed by atoms with van der Waals surface area (Å²) in [6.45, 7) is 8.84. The third-order valence-corrected chi connectivity index (χ3v) is 3.47. The quantitative estimate of drug-likeness (QED) is 0.618. The Balaban J connectivity index is 3.19. The van der Waals surface area contributed by atoms with Crippen LogP contribution in [0.2, 0.25) is 0 Å². The van der Waals surface area contributed by atoms with Crippen molar-refractivity contribution >= 4 is 11.5 Å². The largest absolute Gasteiger partial charge is 0.360 e. The van der Waals surface area contributed by atoms with Crippen molar-refractivity contribution in [3.63, 3.8) is 0 Å². The molecule has 1 N–H and O–H groups in total. The number of hydrogen-bond acceptors (Lipinski definition) is 5. The molecule has 7 heteroatoms. The average molecular weight is 297 g/mol. The molecule has 0 bridgehead atoms. The Morgan fingerprint density at radius 1 is 1.33 bits per heavy atom. The third-order valence-electron chi connectivity index (χ3n) is 3.47. The van der Waals surface area contributed by atoms with Crippen LogP contribution in [-0.4, -0.2) is 46.3 Å². The molecule has 0 radical (unpaired) electrons. The predicted octanol–water partition coefficient (Wildman–Crippen LogP) is 2.45. The van der Waals surface area contributed by atoms with Crippen molar-refractivity contribution in [3.05, 3.63) is 15.8 Å². The van der Waals surface area contributed by atoms with Crippen molar-refractivity contribution < 1.29 is 4.92 Å². The van der Waals surface area contributed by atoms with E-state index in [2.05, 4.69) is 29.2 Å². The van der Waals surface area contributed by atoms with Crippen LogP contribution in [0.15, 0.2) is 0 Å². The summed E-state index contributed by atoms with van der Waals surface area (Å²) in [5.74, 6) is 0.854. The number of aromatic nitrogens is 2. The van der Waals surface area contributed by atoms with Gasteiger partial charge in [0.05, 0.1) is 4.92 Å². The molecule has 0 amide bonds. The maximum atomic E-state index is 11.4. The van der Waals surface area contributed by atoms with Gasteiger partial charge in [0.25, 0.3) is 0 Å². The Bertz CT molecular complexity index is 494. The zero-order valence-corrected chi connectivity index (χ0v) is 14.0. The van der Waals surface area contributed by atoms with Crippen LogP contribution in [0.3, 0.4) is 0 Å². The Kier molecular flexibility index (Phi) is 5.71. The molecular weight excluding hydrogens is 270 g/mol. The van der Waals surface area contributed by atoms with Crippen molar-refractivity contribution in [3.8, 4) is 0 Å². The van der Waals surface area contributed by atoms with Crippen molar-refractivity contribution in [2.75, 3.05) is 26.0 Å². The number of nitrogens with zero attached hydrogens (tertiary/aromatic N) is 4. The lowest BCUT2D eigenvalue weighted by Crippen LogP contribution is -2.37. The van der Waals surface area contributed by atoms with Crippen LogP contribution >= 0.6 is 0 Å². The first-order chi connectivity index (χ1) is 9.65. The number of nitrogens with one attached hydrogen (secondary N) is 1. The standard InChI is InChI=1S/C14H27N5O2/c1-9(2)11(8-17(5)6)15-14-13(19(20)21)12(10(3)4)16-18(14)7/h9-11,15H,8H2,1-7H3. The molecule has 21 heavy (non-hydrogen) atoms. The summed E-state index contributed by atoms with van der Waals surface area (Å²) < 4.78 is 1.58. The molecule has 0 aromatic carbocycles. The Morgan fingerprint density at radius 3 is 2.29 bits per heavy atom. The normalized spacial score (nSPS) is 13.2. The Hall–Kier alpha value is -1.63. The van der Waals surface area contributed by atoms with Crippen LogP contribution in [-0.2, 0) is 7.05 Å². The zero-order valence-electron chi connectivity index (χ0n) is 14.0. The monoisotopic (exact) mass is 297 g/mol. The van der Waals surface area contributed by atoms with Gasteiger partial charge in [0.2, 0.25) is 5.82 Å². The lowest BCUT2D eigenvalue weighted by Gasteiger charge is -2.26. The summed E-state index contributed by atoms with van der Waals surface area (Å²) >= 11 is 0. The number of hydrogen-bond donors (Lipinski definition) is 1. The second-order valence-corrected chi connectivity index (χ2v) is 6.37. The average Bonchev–Trinajstić information content (AvgIpc) is 2.65. The number of anilines is 1. The number of nitro groups is 1. The van der Waals surface area contributed by atoms with Gasteiger partial charge in [0, 0.05) is 25.6 Å². The van der Waals surface area contributed by atoms with Gasteiger partial charge in [-0.15, -0.1) is 0 Å². The van der Waals surface area contributed by atoms with Crippen molar-refractivity contribution in [2.24, 2.45) is 13.0 Å². The molecule has 1 unspecified atom stereocenters. The van der Waals surface area contributed by atoms with Crippen LogP contribution in [0, 0.1) is 16.0 Å². The van der Waals surface area contributed by atoms with Gasteiger partial charge in [-0.3, -0.25) is 10.1 Å². The summed E-state index contributed by atoms with van der Waals surface area (Å²) in [5, 5.41) is 19.1. The second kappa shape index (κ2) is 6.89. The summed E-state index contributed by atoms with van der Waals surface area (Å²) in [6.07, 6.45) is 0. The number of aryl methyl sites for hydroxylation is 1. The minimum Gasteiger partial charge on any atom is -0.360 e. The molecule has 1 atom stereocenters. The smallest absolute Gasteiger partial charge is 0.334 e. The van der Waals surface area contributed by atoms with E-state index in [1.165, 1.54) is 0 Å². The van der Waals surface area contributed by atoms with E-state index in [0.717, 1.165) is 6.54 Å². The first-order valence-corrected chi connectivity index (χ1v) is 7.27. The van der Waals surface area contributed by atoms with Crippen LogP contribution < -0.4 is 5.32 Å². The summed E-state index contributed by atoms with van der Waals surface area (Å²) in [5.41, 5.74) is 0.620. The van der Waals surface area contributed by atoms with Gasteiger partial charge < -0.3 is 10.2 Å². The molecule has 1 aromatic heterocycles. The fourth-order valence-electron chi connectivity index (χ4n) is 2.26. The maximum absolute atomic E-state index is 11.4. The second-order valence-electron chi connectivity index (χ2n) is 6.37. The van der Waals surface area contributed by atoms with Crippen LogP contribution in [0.5, 0.6) is 0 Å². The van der Waals surface area contributed by atoms with Crippen LogP contribution in [0.1, 0.15) is 39.3 Å². The SMILES string of the molecule is CC(C)c1nn(C)c(NC(CN(C)C)C(C)C)c1[N+](=O)[O-]. The van der Waals surface area contributed by atoms with E-state index in [0.29, 0.717) is 17.4 Å². The summed E-state index contributed by atoms with van der Waals surface area (Å²) in [6, 6.07) is 0.120. The zero-order chi connectivity index (χ0) is 16.3. The van der Waals surface area contributed by atoms with Gasteiger partial charge in [-0.1, -0.05) is 27.7 Å². The van der Waals surface area contributed by atoms with Crippen molar-refractivity contribution in [1.29, 1.82) is 0 Å². The van der Waals surface area contributed by atoms with Crippen LogP contribution in [0.4, 0.5) is 11.5 Å². The van der Waals surface area contributed by atoms with E-state index in [1.54, 1.807) is 11.7 Å². The third kappa shape index (κ3) is 4.17. The van der Waals surface area contributed by atoms with Gasteiger partial charge in [0.15, 0.2) is 0 Å². The van der Waals surface area contributed by atoms with Gasteiger partial charge in [-0.05, 0) is 20.0 Å². The highest BCUT2D eigenvalue weighted by molar-refractivity contribution is 5.61. The highest BCUT2D eigenvalue weighted by Gasteiger charge is 2.30. The van der Waals surface area contributed by atoms with Gasteiger partial charge in [0.1, 0.15) is 5.69 Å². The Morgan fingerprint density at radius 2 is 1.90 bits per heavy atom. The van der Waals surface area contributed by atoms with E-state index >= 15 is 0 Å². The van der Waals surface area contributed by atoms with Crippen molar-refractivity contribution in [2.45, 2.75) is 39.7 Å². The fourth-order valence-corrected chi connectivity index (χ4v) is 2.26. The first kappa shape index (κ1) is 17.4. The lowest BCUT2D eigenvalue weighted by molar-refractivity contribution is -0.384. The van der Waals surface area contributed by atoms with E-state index in [9.17, 15) is 10.1 Å². The lowest BCUT2D eigenvalue weighted by atomic mass is 10.0. The number of rotatable bonds is 7. The molecule has 0 spiro atoms. The van der Waals surface area contributed by atoms with E-state index in [1.807, 2.05) is 27.9 Å². The van der Waals surface area contributed by atoms with E-state index in [-0.39, 0.29) is 22.6 Å². The summed E-state index contributed by atoms with van der Waals surface area (Å²) in [4.78, 5) is 13.2. The molecule has 120 valence electrons. The fraction of sp³-hybridized carbons (Fsp3) is 0.786. The summed E-state index contributed by atoms with van der Waals surface area (Å²) in [7, 11) is 5.73. The highest BCUT2D eigenvalue weighted by atomic mass is 16.6. The molecule has 0 saturated heterocycles. The topological polar surface area (TPSA) is 76.2 Å². The highest BCUT2D eigenvalue weighted by Crippen LogP contribution is 2.33. The molecule has 0 aliphatic rings. The van der Waals surface area contributed by atoms with Crippen molar-refractivity contribution in [1.82, 2.24) is 14.7 Å². The minimum atomic E-state index is -0.336. The van der Waals surface area contributed by atoms with E-state index < -0.39 is 0 Å². The first-order valence-electron chi connectivity index (χ1n) is 7.27. The molecule has 0 saturated carbocycles. The maximum Gasteiger partial charge on any atom is 0.334 e. The molecule has 0 aliphatic heterocycles.